The molecule has 0 aliphatic carbocycles. The van der Waals surface area contributed by atoms with Crippen LogP contribution in [-0.2, 0) is 4.79 Å². The minimum Gasteiger partial charge on any atom is -0.355 e. The van der Waals surface area contributed by atoms with Gasteiger partial charge in [0.05, 0.1) is 16.7 Å². The summed E-state index contributed by atoms with van der Waals surface area (Å²) in [4.78, 5) is 22.8. The van der Waals surface area contributed by atoms with Crippen LogP contribution in [0.4, 0.5) is 5.82 Å². The summed E-state index contributed by atoms with van der Waals surface area (Å²) in [5, 5.41) is 3.00. The third-order valence-corrected chi connectivity index (χ3v) is 3.92. The molecule has 1 aliphatic rings. The van der Waals surface area contributed by atoms with Gasteiger partial charge >= 0.3 is 0 Å². The molecule has 1 aromatic carbocycles. The molecule has 1 N–H and O–H groups in total. The number of nitrogens with one attached hydrogen (secondary N) is 1. The number of piperidine rings is 1. The SMILES string of the molecule is CC(=O)NC1CCN(c2nc3ccccc3nc2C)CC1. The molecule has 110 valence electrons. The van der Waals surface area contributed by atoms with E-state index in [0.29, 0.717) is 0 Å². The first-order chi connectivity index (χ1) is 10.1. The Labute approximate surface area is 124 Å². The van der Waals surface area contributed by atoms with Crippen LogP contribution < -0.4 is 10.2 Å². The van der Waals surface area contributed by atoms with Gasteiger partial charge in [0.15, 0.2) is 5.82 Å². The molecule has 2 heterocycles. The lowest BCUT2D eigenvalue weighted by Crippen LogP contribution is -2.44. The lowest BCUT2D eigenvalue weighted by Gasteiger charge is -2.33. The van der Waals surface area contributed by atoms with Crippen LogP contribution in [0.25, 0.3) is 11.0 Å². The van der Waals surface area contributed by atoms with E-state index in [4.69, 9.17) is 4.98 Å². The summed E-state index contributed by atoms with van der Waals surface area (Å²) < 4.78 is 0. The van der Waals surface area contributed by atoms with E-state index in [9.17, 15) is 4.79 Å². The number of fused-ring (bicyclic) bond motifs is 1. The number of rotatable bonds is 2. The number of aromatic nitrogens is 2. The van der Waals surface area contributed by atoms with E-state index < -0.39 is 0 Å². The van der Waals surface area contributed by atoms with Gasteiger partial charge in [-0.15, -0.1) is 0 Å². The molecule has 1 saturated heterocycles. The second-order valence-corrected chi connectivity index (χ2v) is 5.58. The van der Waals surface area contributed by atoms with Crippen molar-refractivity contribution in [1.29, 1.82) is 0 Å². The van der Waals surface area contributed by atoms with E-state index in [1.54, 1.807) is 6.92 Å². The number of benzene rings is 1. The number of para-hydroxylation sites is 2. The summed E-state index contributed by atoms with van der Waals surface area (Å²) in [6.07, 6.45) is 1.90. The van der Waals surface area contributed by atoms with E-state index in [-0.39, 0.29) is 11.9 Å². The molecule has 0 saturated carbocycles. The highest BCUT2D eigenvalue weighted by atomic mass is 16.1. The van der Waals surface area contributed by atoms with Gasteiger partial charge in [0, 0.05) is 26.1 Å². The number of hydrogen-bond acceptors (Lipinski definition) is 4. The first-order valence-electron chi connectivity index (χ1n) is 7.39. The molecule has 3 rings (SSSR count). The van der Waals surface area contributed by atoms with Gasteiger partial charge in [-0.25, -0.2) is 9.97 Å². The molecular weight excluding hydrogens is 264 g/mol. The van der Waals surface area contributed by atoms with Gasteiger partial charge in [0.2, 0.25) is 5.91 Å². The highest BCUT2D eigenvalue weighted by Gasteiger charge is 2.22. The summed E-state index contributed by atoms with van der Waals surface area (Å²) in [7, 11) is 0. The Morgan fingerprint density at radius 2 is 1.81 bits per heavy atom. The average molecular weight is 284 g/mol. The molecule has 0 unspecified atom stereocenters. The summed E-state index contributed by atoms with van der Waals surface area (Å²) in [6.45, 7) is 5.39. The van der Waals surface area contributed by atoms with Crippen molar-refractivity contribution in [3.8, 4) is 0 Å². The smallest absolute Gasteiger partial charge is 0.217 e. The lowest BCUT2D eigenvalue weighted by atomic mass is 10.0. The Balaban J connectivity index is 1.79. The number of carbonyl (C=O) groups excluding carboxylic acids is 1. The maximum atomic E-state index is 11.1. The Hall–Kier alpha value is -2.17. The fourth-order valence-electron chi connectivity index (χ4n) is 2.90. The number of nitrogens with zero attached hydrogens (tertiary/aromatic N) is 3. The minimum atomic E-state index is 0.0510. The minimum absolute atomic E-state index is 0.0510. The zero-order valence-corrected chi connectivity index (χ0v) is 12.5. The van der Waals surface area contributed by atoms with Crippen molar-refractivity contribution in [2.24, 2.45) is 0 Å². The second kappa shape index (κ2) is 5.68. The van der Waals surface area contributed by atoms with Gasteiger partial charge in [0.1, 0.15) is 0 Å². The normalized spacial score (nSPS) is 16.2. The molecule has 1 amide bonds. The fraction of sp³-hybridized carbons (Fsp3) is 0.438. The molecule has 5 nitrogen and oxygen atoms in total. The Bertz CT molecular complexity index is 662. The van der Waals surface area contributed by atoms with E-state index in [1.165, 1.54) is 0 Å². The largest absolute Gasteiger partial charge is 0.355 e. The van der Waals surface area contributed by atoms with E-state index in [1.807, 2.05) is 31.2 Å². The Morgan fingerprint density at radius 3 is 2.43 bits per heavy atom. The van der Waals surface area contributed by atoms with Crippen LogP contribution in [0.1, 0.15) is 25.5 Å². The van der Waals surface area contributed by atoms with Gasteiger partial charge in [-0.2, -0.15) is 0 Å². The van der Waals surface area contributed by atoms with Gasteiger partial charge in [-0.1, -0.05) is 12.1 Å². The van der Waals surface area contributed by atoms with E-state index >= 15 is 0 Å². The number of hydrogen-bond donors (Lipinski definition) is 1. The van der Waals surface area contributed by atoms with Crippen molar-refractivity contribution in [2.75, 3.05) is 18.0 Å². The van der Waals surface area contributed by atoms with Gasteiger partial charge < -0.3 is 10.2 Å². The van der Waals surface area contributed by atoms with Crippen LogP contribution >= 0.6 is 0 Å². The van der Waals surface area contributed by atoms with Crippen molar-refractivity contribution in [3.63, 3.8) is 0 Å². The zero-order valence-electron chi connectivity index (χ0n) is 12.5. The van der Waals surface area contributed by atoms with Gasteiger partial charge in [0.25, 0.3) is 0 Å². The van der Waals surface area contributed by atoms with Crippen LogP contribution in [0.15, 0.2) is 24.3 Å². The molecule has 0 atom stereocenters. The molecule has 1 aliphatic heterocycles. The summed E-state index contributed by atoms with van der Waals surface area (Å²) in [5.74, 6) is 1.02. The van der Waals surface area contributed by atoms with Crippen LogP contribution in [-0.4, -0.2) is 35.0 Å². The average Bonchev–Trinajstić information content (AvgIpc) is 2.47. The predicted octanol–water partition coefficient (Wildman–Crippen LogP) is 2.04. The van der Waals surface area contributed by atoms with Gasteiger partial charge in [-0.3, -0.25) is 4.79 Å². The van der Waals surface area contributed by atoms with Gasteiger partial charge in [-0.05, 0) is 31.9 Å². The fourth-order valence-corrected chi connectivity index (χ4v) is 2.90. The monoisotopic (exact) mass is 284 g/mol. The summed E-state index contributed by atoms with van der Waals surface area (Å²) in [5.41, 5.74) is 2.83. The molecule has 21 heavy (non-hydrogen) atoms. The Kier molecular flexibility index (Phi) is 3.73. The van der Waals surface area contributed by atoms with Crippen molar-refractivity contribution in [3.05, 3.63) is 30.0 Å². The van der Waals surface area contributed by atoms with E-state index in [2.05, 4.69) is 15.2 Å². The first-order valence-corrected chi connectivity index (χ1v) is 7.39. The molecule has 0 spiro atoms. The molecule has 0 radical (unpaired) electrons. The summed E-state index contributed by atoms with van der Waals surface area (Å²) >= 11 is 0. The highest BCUT2D eigenvalue weighted by Crippen LogP contribution is 2.23. The summed E-state index contributed by atoms with van der Waals surface area (Å²) in [6, 6.07) is 8.23. The van der Waals surface area contributed by atoms with Crippen LogP contribution in [0.3, 0.4) is 0 Å². The van der Waals surface area contributed by atoms with Crippen molar-refractivity contribution in [2.45, 2.75) is 32.7 Å². The second-order valence-electron chi connectivity index (χ2n) is 5.58. The molecule has 5 heteroatoms. The van der Waals surface area contributed by atoms with Crippen molar-refractivity contribution in [1.82, 2.24) is 15.3 Å². The van der Waals surface area contributed by atoms with E-state index in [0.717, 1.165) is 48.5 Å². The highest BCUT2D eigenvalue weighted by molar-refractivity contribution is 5.76. The molecule has 1 aromatic heterocycles. The molecule has 0 bridgehead atoms. The molecular formula is C16H20N4O. The molecule has 1 fully saturated rings. The molecule has 2 aromatic rings. The van der Waals surface area contributed by atoms with Crippen LogP contribution in [0.2, 0.25) is 0 Å². The third kappa shape index (κ3) is 2.96. The first kappa shape index (κ1) is 13.8. The van der Waals surface area contributed by atoms with Crippen LogP contribution in [0.5, 0.6) is 0 Å². The Morgan fingerprint density at radius 1 is 1.19 bits per heavy atom. The van der Waals surface area contributed by atoms with Crippen LogP contribution in [0, 0.1) is 6.92 Å². The number of anilines is 1. The number of amides is 1. The quantitative estimate of drug-likeness (QED) is 0.917. The zero-order chi connectivity index (χ0) is 14.8. The maximum Gasteiger partial charge on any atom is 0.217 e. The lowest BCUT2D eigenvalue weighted by molar-refractivity contribution is -0.119. The van der Waals surface area contributed by atoms with Crippen molar-refractivity contribution < 1.29 is 4.79 Å². The maximum absolute atomic E-state index is 11.1. The van der Waals surface area contributed by atoms with Crippen molar-refractivity contribution >= 4 is 22.8 Å². The third-order valence-electron chi connectivity index (χ3n) is 3.92. The standard InChI is InChI=1S/C16H20N4O/c1-11-16(19-15-6-4-3-5-14(15)17-11)20-9-7-13(8-10-20)18-12(2)21/h3-6,13H,7-10H2,1-2H3,(H,18,21). The topological polar surface area (TPSA) is 58.1 Å². The number of aryl methyl sites for hydroxylation is 1. The predicted molar refractivity (Wildman–Crippen MR) is 83.3 cm³/mol. The number of carbonyl (C=O) groups is 1.